The van der Waals surface area contributed by atoms with Gasteiger partial charge in [0.05, 0.1) is 0 Å². The average molecular weight is 227 g/mol. The Balaban J connectivity index is 2.69. The summed E-state index contributed by atoms with van der Waals surface area (Å²) < 4.78 is 16.8. The molecule has 1 rings (SSSR count). The molecule has 0 spiro atoms. The lowest BCUT2D eigenvalue weighted by Gasteiger charge is -2.16. The van der Waals surface area contributed by atoms with Gasteiger partial charge < -0.3 is 0 Å². The van der Waals surface area contributed by atoms with Gasteiger partial charge in [-0.2, -0.15) is 0 Å². The van der Waals surface area contributed by atoms with Crippen molar-refractivity contribution in [2.45, 2.75) is 39.0 Å². The second-order valence-corrected chi connectivity index (χ2v) is 5.45. The molecule has 1 N–H and O–H groups in total. The zero-order chi connectivity index (χ0) is 11.4. The summed E-state index contributed by atoms with van der Waals surface area (Å²) in [6.07, 6.45) is 0. The van der Waals surface area contributed by atoms with E-state index in [0.29, 0.717) is 5.25 Å². The molecule has 1 aromatic carbocycles. The Kier molecular flexibility index (Phi) is 4.61. The fraction of sp³-hybridized carbons (Fsp3) is 0.500. The molecule has 3 heteroatoms. The van der Waals surface area contributed by atoms with Crippen LogP contribution in [0.1, 0.15) is 37.9 Å². The van der Waals surface area contributed by atoms with Crippen molar-refractivity contribution >= 4 is 11.9 Å². The normalized spacial score (nSPS) is 13.2. The molecule has 0 amide bonds. The number of benzene rings is 1. The van der Waals surface area contributed by atoms with Gasteiger partial charge in [-0.1, -0.05) is 37.9 Å². The Hall–Kier alpha value is -0.540. The van der Waals surface area contributed by atoms with Crippen molar-refractivity contribution < 1.29 is 4.39 Å². The highest BCUT2D eigenvalue weighted by molar-refractivity contribution is 7.97. The highest BCUT2D eigenvalue weighted by Crippen LogP contribution is 2.20. The minimum Gasteiger partial charge on any atom is -0.257 e. The van der Waals surface area contributed by atoms with E-state index in [1.807, 2.05) is 26.0 Å². The Labute approximate surface area is 95.6 Å². The van der Waals surface area contributed by atoms with Gasteiger partial charge >= 0.3 is 0 Å². The van der Waals surface area contributed by atoms with Gasteiger partial charge in [-0.3, -0.25) is 4.72 Å². The first-order valence-electron chi connectivity index (χ1n) is 5.18. The molecule has 0 aliphatic heterocycles. The van der Waals surface area contributed by atoms with Crippen LogP contribution >= 0.6 is 11.9 Å². The number of nitrogens with one attached hydrogen (secondary N) is 1. The summed E-state index contributed by atoms with van der Waals surface area (Å²) in [5, 5.41) is 0.501. The summed E-state index contributed by atoms with van der Waals surface area (Å²) in [5.74, 6) is -0.126. The fourth-order valence-electron chi connectivity index (χ4n) is 1.28. The van der Waals surface area contributed by atoms with Gasteiger partial charge in [-0.25, -0.2) is 4.39 Å². The van der Waals surface area contributed by atoms with Crippen molar-refractivity contribution in [2.75, 3.05) is 0 Å². The zero-order valence-corrected chi connectivity index (χ0v) is 10.5. The molecule has 0 bridgehead atoms. The van der Waals surface area contributed by atoms with Crippen LogP contribution in [-0.2, 0) is 0 Å². The topological polar surface area (TPSA) is 12.0 Å². The number of halogens is 1. The summed E-state index contributed by atoms with van der Waals surface area (Å²) in [4.78, 5) is 0. The average Bonchev–Trinajstić information content (AvgIpc) is 2.14. The van der Waals surface area contributed by atoms with Crippen molar-refractivity contribution in [3.8, 4) is 0 Å². The first-order chi connectivity index (χ1) is 7.00. The molecule has 15 heavy (non-hydrogen) atoms. The molecule has 0 aliphatic rings. The molecule has 0 saturated carbocycles. The van der Waals surface area contributed by atoms with Gasteiger partial charge in [0.15, 0.2) is 0 Å². The summed E-state index contributed by atoms with van der Waals surface area (Å²) in [6, 6.07) is 5.41. The van der Waals surface area contributed by atoms with Gasteiger partial charge in [0.1, 0.15) is 5.82 Å². The number of rotatable bonds is 4. The third kappa shape index (κ3) is 3.84. The smallest absolute Gasteiger partial charge is 0.128 e. The third-order valence-electron chi connectivity index (χ3n) is 2.10. The van der Waals surface area contributed by atoms with Crippen molar-refractivity contribution in [1.82, 2.24) is 4.72 Å². The lowest BCUT2D eigenvalue weighted by Crippen LogP contribution is -2.14. The van der Waals surface area contributed by atoms with E-state index in [0.717, 1.165) is 11.1 Å². The predicted octanol–water partition coefficient (Wildman–Crippen LogP) is 3.84. The lowest BCUT2D eigenvalue weighted by atomic mass is 10.1. The summed E-state index contributed by atoms with van der Waals surface area (Å²) in [5.41, 5.74) is 1.69. The second-order valence-electron chi connectivity index (χ2n) is 4.03. The maximum Gasteiger partial charge on any atom is 0.128 e. The molecule has 84 valence electrons. The van der Waals surface area contributed by atoms with E-state index in [1.165, 1.54) is 0 Å². The van der Waals surface area contributed by atoms with E-state index in [2.05, 4.69) is 18.6 Å². The zero-order valence-electron chi connectivity index (χ0n) is 9.67. The predicted molar refractivity (Wildman–Crippen MR) is 65.4 cm³/mol. The number of hydrogen-bond donors (Lipinski definition) is 1. The Bertz CT molecular complexity index is 325. The van der Waals surface area contributed by atoms with Crippen LogP contribution in [0, 0.1) is 12.7 Å². The monoisotopic (exact) mass is 227 g/mol. The van der Waals surface area contributed by atoms with Crippen molar-refractivity contribution in [2.24, 2.45) is 0 Å². The summed E-state index contributed by atoms with van der Waals surface area (Å²) >= 11 is 1.63. The molecule has 0 radical (unpaired) electrons. The largest absolute Gasteiger partial charge is 0.257 e. The van der Waals surface area contributed by atoms with Crippen LogP contribution in [0.2, 0.25) is 0 Å². The molecular weight excluding hydrogens is 209 g/mol. The lowest BCUT2D eigenvalue weighted by molar-refractivity contribution is 0.584. The van der Waals surface area contributed by atoms with E-state index in [1.54, 1.807) is 18.0 Å². The SMILES string of the molecule is Cc1ccc(C(C)NSC(C)C)c(F)c1. The van der Waals surface area contributed by atoms with E-state index in [9.17, 15) is 4.39 Å². The number of aryl methyl sites for hydroxylation is 1. The Morgan fingerprint density at radius 2 is 1.93 bits per heavy atom. The first kappa shape index (κ1) is 12.5. The maximum atomic E-state index is 13.6. The molecule has 0 fully saturated rings. The van der Waals surface area contributed by atoms with E-state index >= 15 is 0 Å². The molecule has 1 aromatic rings. The van der Waals surface area contributed by atoms with Gasteiger partial charge in [0.25, 0.3) is 0 Å². The van der Waals surface area contributed by atoms with E-state index in [4.69, 9.17) is 0 Å². The van der Waals surface area contributed by atoms with Crippen LogP contribution < -0.4 is 4.72 Å². The maximum absolute atomic E-state index is 13.6. The van der Waals surface area contributed by atoms with Gasteiger partial charge in [0, 0.05) is 16.9 Å². The van der Waals surface area contributed by atoms with E-state index in [-0.39, 0.29) is 11.9 Å². The van der Waals surface area contributed by atoms with Gasteiger partial charge in [0.2, 0.25) is 0 Å². The standard InChI is InChI=1S/C12H18FNS/c1-8(2)15-14-10(4)11-6-5-9(3)7-12(11)13/h5-8,10,14H,1-4H3. The van der Waals surface area contributed by atoms with Crippen molar-refractivity contribution in [3.63, 3.8) is 0 Å². The van der Waals surface area contributed by atoms with Crippen molar-refractivity contribution in [3.05, 3.63) is 35.1 Å². The Morgan fingerprint density at radius 1 is 1.27 bits per heavy atom. The molecule has 0 aliphatic carbocycles. The third-order valence-corrected chi connectivity index (χ3v) is 3.06. The molecule has 1 atom stereocenters. The molecular formula is C12H18FNS. The van der Waals surface area contributed by atoms with Crippen LogP contribution in [-0.4, -0.2) is 5.25 Å². The minimum absolute atomic E-state index is 0.0398. The Morgan fingerprint density at radius 3 is 2.47 bits per heavy atom. The molecule has 0 saturated heterocycles. The molecule has 0 aromatic heterocycles. The molecule has 0 heterocycles. The molecule has 1 unspecified atom stereocenters. The summed E-state index contributed by atoms with van der Waals surface area (Å²) in [6.45, 7) is 8.09. The minimum atomic E-state index is -0.126. The van der Waals surface area contributed by atoms with Crippen LogP contribution in [0.15, 0.2) is 18.2 Å². The van der Waals surface area contributed by atoms with E-state index < -0.39 is 0 Å². The fourth-order valence-corrected chi connectivity index (χ4v) is 1.89. The van der Waals surface area contributed by atoms with Crippen LogP contribution in [0.25, 0.3) is 0 Å². The highest BCUT2D eigenvalue weighted by Gasteiger charge is 2.10. The van der Waals surface area contributed by atoms with Crippen LogP contribution in [0.4, 0.5) is 4.39 Å². The van der Waals surface area contributed by atoms with Gasteiger partial charge in [-0.05, 0) is 25.5 Å². The quantitative estimate of drug-likeness (QED) is 0.784. The van der Waals surface area contributed by atoms with Crippen molar-refractivity contribution in [1.29, 1.82) is 0 Å². The first-order valence-corrected chi connectivity index (χ1v) is 6.06. The molecule has 1 nitrogen and oxygen atoms in total. The van der Waals surface area contributed by atoms with Crippen LogP contribution in [0.3, 0.4) is 0 Å². The van der Waals surface area contributed by atoms with Crippen LogP contribution in [0.5, 0.6) is 0 Å². The van der Waals surface area contributed by atoms with Gasteiger partial charge in [-0.15, -0.1) is 0 Å². The number of hydrogen-bond acceptors (Lipinski definition) is 2. The second kappa shape index (κ2) is 5.52. The highest BCUT2D eigenvalue weighted by atomic mass is 32.2. The summed E-state index contributed by atoms with van der Waals surface area (Å²) in [7, 11) is 0.